The number of benzene rings is 7. The molecule has 4 heteroatoms. The summed E-state index contributed by atoms with van der Waals surface area (Å²) in [6, 6.07) is 65.4. The fourth-order valence-corrected chi connectivity index (χ4v) is 7.42. The minimum absolute atomic E-state index is 0.661. The van der Waals surface area contributed by atoms with Crippen LogP contribution < -0.4 is 0 Å². The monoisotopic (exact) mass is 688 g/mol. The minimum Gasteiger partial charge on any atom is -0.255 e. The van der Waals surface area contributed by atoms with Crippen molar-refractivity contribution in [1.82, 2.24) is 19.9 Å². The van der Waals surface area contributed by atoms with Crippen molar-refractivity contribution in [2.45, 2.75) is 0 Å². The third-order valence-corrected chi connectivity index (χ3v) is 10.2. The number of fused-ring (bicyclic) bond motifs is 5. The Bertz CT molecular complexity index is 2840. The number of nitrogens with zero attached hydrogens (tertiary/aromatic N) is 4. The highest BCUT2D eigenvalue weighted by Crippen LogP contribution is 2.38. The maximum atomic E-state index is 5.22. The van der Waals surface area contributed by atoms with Crippen molar-refractivity contribution in [3.05, 3.63) is 194 Å². The Morgan fingerprint density at radius 3 is 1.57 bits per heavy atom. The van der Waals surface area contributed by atoms with Crippen LogP contribution >= 0.6 is 0 Å². The van der Waals surface area contributed by atoms with Gasteiger partial charge in [-0.1, -0.05) is 164 Å². The van der Waals surface area contributed by atoms with Gasteiger partial charge in [-0.25, -0.2) is 15.0 Å². The van der Waals surface area contributed by atoms with E-state index in [1.54, 1.807) is 0 Å². The van der Waals surface area contributed by atoms with E-state index in [4.69, 9.17) is 19.9 Å². The van der Waals surface area contributed by atoms with Gasteiger partial charge in [-0.05, 0) is 57.3 Å². The molecular formula is C50H32N4. The lowest BCUT2D eigenvalue weighted by molar-refractivity contribution is 1.18. The zero-order chi connectivity index (χ0) is 35.8. The van der Waals surface area contributed by atoms with E-state index in [2.05, 4.69) is 164 Å². The first-order chi connectivity index (χ1) is 26.7. The number of pyridine rings is 2. The second-order valence-corrected chi connectivity index (χ2v) is 13.5. The van der Waals surface area contributed by atoms with Crippen LogP contribution in [0.3, 0.4) is 0 Å². The van der Waals surface area contributed by atoms with Gasteiger partial charge < -0.3 is 0 Å². The highest BCUT2D eigenvalue weighted by Gasteiger charge is 2.17. The number of para-hydroxylation sites is 1. The van der Waals surface area contributed by atoms with E-state index in [1.807, 2.05) is 30.5 Å². The second kappa shape index (κ2) is 13.4. The smallest absolute Gasteiger partial charge is 0.160 e. The number of aromatic nitrogens is 4. The third-order valence-electron chi connectivity index (χ3n) is 10.2. The van der Waals surface area contributed by atoms with E-state index < -0.39 is 0 Å². The normalized spacial score (nSPS) is 11.3. The Morgan fingerprint density at radius 2 is 0.870 bits per heavy atom. The van der Waals surface area contributed by atoms with Crippen molar-refractivity contribution in [3.8, 4) is 67.5 Å². The predicted molar refractivity (Wildman–Crippen MR) is 223 cm³/mol. The van der Waals surface area contributed by atoms with Crippen molar-refractivity contribution < 1.29 is 0 Å². The van der Waals surface area contributed by atoms with E-state index in [0.717, 1.165) is 66.9 Å². The van der Waals surface area contributed by atoms with Gasteiger partial charge in [-0.15, -0.1) is 0 Å². The zero-order valence-corrected chi connectivity index (χ0v) is 29.3. The summed E-state index contributed by atoms with van der Waals surface area (Å²) in [7, 11) is 0. The van der Waals surface area contributed by atoms with E-state index in [-0.39, 0.29) is 0 Å². The Labute approximate surface area is 313 Å². The second-order valence-electron chi connectivity index (χ2n) is 13.5. The molecule has 0 saturated carbocycles. The van der Waals surface area contributed by atoms with E-state index in [9.17, 15) is 0 Å². The first-order valence-electron chi connectivity index (χ1n) is 18.1. The molecule has 0 unspecified atom stereocenters. The van der Waals surface area contributed by atoms with Gasteiger partial charge in [-0.2, -0.15) is 0 Å². The molecule has 252 valence electrons. The summed E-state index contributed by atoms with van der Waals surface area (Å²) < 4.78 is 0. The SMILES string of the molecule is c1ccc(-c2ccc(-c3cc(-c4ccnc(-c5nc6ccccc6c6c5ccc5ccccc56)c4)nc(-c4ccc(-c5ccccc5)cc4)n3)cc2)cc1. The van der Waals surface area contributed by atoms with E-state index in [0.29, 0.717) is 5.82 Å². The lowest BCUT2D eigenvalue weighted by Crippen LogP contribution is -1.97. The minimum atomic E-state index is 0.661. The highest BCUT2D eigenvalue weighted by atomic mass is 14.9. The van der Waals surface area contributed by atoms with Gasteiger partial charge in [0.2, 0.25) is 0 Å². The summed E-state index contributed by atoms with van der Waals surface area (Å²) in [5, 5.41) is 5.78. The Kier molecular flexibility index (Phi) is 7.77. The van der Waals surface area contributed by atoms with Crippen LogP contribution in [-0.4, -0.2) is 19.9 Å². The molecule has 0 bridgehead atoms. The summed E-state index contributed by atoms with van der Waals surface area (Å²) >= 11 is 0. The average Bonchev–Trinajstić information content (AvgIpc) is 3.26. The van der Waals surface area contributed by atoms with Gasteiger partial charge in [0, 0.05) is 39.0 Å². The molecule has 7 aromatic carbocycles. The van der Waals surface area contributed by atoms with Gasteiger partial charge >= 0.3 is 0 Å². The molecule has 0 atom stereocenters. The summed E-state index contributed by atoms with van der Waals surface area (Å²) in [6.45, 7) is 0. The van der Waals surface area contributed by atoms with Crippen molar-refractivity contribution >= 4 is 32.4 Å². The number of hydrogen-bond donors (Lipinski definition) is 0. The zero-order valence-electron chi connectivity index (χ0n) is 29.3. The van der Waals surface area contributed by atoms with Crippen LogP contribution in [0.25, 0.3) is 100.0 Å². The molecule has 0 amide bonds. The van der Waals surface area contributed by atoms with E-state index >= 15 is 0 Å². The maximum Gasteiger partial charge on any atom is 0.160 e. The van der Waals surface area contributed by atoms with Crippen molar-refractivity contribution in [3.63, 3.8) is 0 Å². The molecule has 0 aliphatic rings. The van der Waals surface area contributed by atoms with Crippen LogP contribution in [-0.2, 0) is 0 Å². The maximum absolute atomic E-state index is 5.22. The molecule has 0 radical (unpaired) electrons. The predicted octanol–water partition coefficient (Wildman–Crippen LogP) is 12.7. The largest absolute Gasteiger partial charge is 0.255 e. The summed E-state index contributed by atoms with van der Waals surface area (Å²) in [4.78, 5) is 20.5. The van der Waals surface area contributed by atoms with Crippen LogP contribution in [0.2, 0.25) is 0 Å². The number of hydrogen-bond acceptors (Lipinski definition) is 4. The van der Waals surface area contributed by atoms with Gasteiger partial charge in [0.1, 0.15) is 0 Å². The first kappa shape index (κ1) is 31.4. The van der Waals surface area contributed by atoms with Crippen molar-refractivity contribution in [1.29, 1.82) is 0 Å². The fourth-order valence-electron chi connectivity index (χ4n) is 7.42. The first-order valence-corrected chi connectivity index (χ1v) is 18.1. The third kappa shape index (κ3) is 5.76. The van der Waals surface area contributed by atoms with Gasteiger partial charge in [0.25, 0.3) is 0 Å². The molecular weight excluding hydrogens is 657 g/mol. The van der Waals surface area contributed by atoms with Crippen LogP contribution in [0.1, 0.15) is 0 Å². The van der Waals surface area contributed by atoms with Crippen LogP contribution in [0.4, 0.5) is 0 Å². The molecule has 10 aromatic rings. The van der Waals surface area contributed by atoms with Crippen LogP contribution in [0.15, 0.2) is 194 Å². The topological polar surface area (TPSA) is 51.6 Å². The van der Waals surface area contributed by atoms with Crippen LogP contribution in [0.5, 0.6) is 0 Å². The van der Waals surface area contributed by atoms with E-state index in [1.165, 1.54) is 27.3 Å². The molecule has 0 aliphatic carbocycles. The number of rotatable bonds is 6. The van der Waals surface area contributed by atoms with Gasteiger partial charge in [-0.3, -0.25) is 4.98 Å². The van der Waals surface area contributed by atoms with Crippen LogP contribution in [0, 0.1) is 0 Å². The molecule has 10 rings (SSSR count). The highest BCUT2D eigenvalue weighted by molar-refractivity contribution is 6.22. The molecule has 3 aromatic heterocycles. The molecule has 3 heterocycles. The summed E-state index contributed by atoms with van der Waals surface area (Å²) in [5.74, 6) is 0.661. The molecule has 0 fully saturated rings. The van der Waals surface area contributed by atoms with Gasteiger partial charge in [0.05, 0.1) is 28.3 Å². The Balaban J connectivity index is 1.12. The quantitative estimate of drug-likeness (QED) is 0.163. The molecule has 0 N–H and O–H groups in total. The van der Waals surface area contributed by atoms with Crippen molar-refractivity contribution in [2.75, 3.05) is 0 Å². The summed E-state index contributed by atoms with van der Waals surface area (Å²) in [5.41, 5.74) is 11.8. The Hall–Kier alpha value is -7.30. The standard InChI is InChI=1S/C50H32N4/c1-3-11-33(12-4-1)35-19-23-38(24-20-35)45-32-46(54-50(53-45)39-25-21-36(22-26-39)34-13-5-2-6-14-34)40-29-30-51-47(31-40)49-43-28-27-37-15-7-8-16-41(37)48(43)42-17-9-10-18-44(42)52-49/h1-32H. The average molecular weight is 689 g/mol. The lowest BCUT2D eigenvalue weighted by atomic mass is 9.96. The molecule has 0 saturated heterocycles. The Morgan fingerprint density at radius 1 is 0.315 bits per heavy atom. The summed E-state index contributed by atoms with van der Waals surface area (Å²) in [6.07, 6.45) is 1.86. The molecule has 54 heavy (non-hydrogen) atoms. The van der Waals surface area contributed by atoms with Gasteiger partial charge in [0.15, 0.2) is 5.82 Å². The fraction of sp³-hybridized carbons (Fsp3) is 0. The lowest BCUT2D eigenvalue weighted by Gasteiger charge is -2.13. The molecule has 0 spiro atoms. The molecule has 4 nitrogen and oxygen atoms in total. The molecule has 0 aliphatic heterocycles. The van der Waals surface area contributed by atoms with Crippen molar-refractivity contribution in [2.24, 2.45) is 0 Å².